The summed E-state index contributed by atoms with van der Waals surface area (Å²) >= 11 is 0. The Bertz CT molecular complexity index is 459. The molecule has 5 nitrogen and oxygen atoms in total. The first-order chi connectivity index (χ1) is 8.95. The van der Waals surface area contributed by atoms with Crippen molar-refractivity contribution in [3.63, 3.8) is 0 Å². The molecule has 0 aromatic heterocycles. The Morgan fingerprint density at radius 2 is 2.05 bits per heavy atom. The van der Waals surface area contributed by atoms with Crippen LogP contribution in [0.2, 0.25) is 0 Å². The fourth-order valence-electron chi connectivity index (χ4n) is 1.52. The number of hydrogen-bond acceptors (Lipinski definition) is 3. The van der Waals surface area contributed by atoms with Crippen LogP contribution in [-0.2, 0) is 4.79 Å². The van der Waals surface area contributed by atoms with E-state index in [4.69, 9.17) is 9.84 Å². The van der Waals surface area contributed by atoms with E-state index in [-0.39, 0.29) is 5.91 Å². The van der Waals surface area contributed by atoms with Gasteiger partial charge in [0.15, 0.2) is 0 Å². The van der Waals surface area contributed by atoms with E-state index in [0.717, 1.165) is 0 Å². The van der Waals surface area contributed by atoms with Crippen LogP contribution in [0.25, 0.3) is 0 Å². The first-order valence-electron chi connectivity index (χ1n) is 6.22. The van der Waals surface area contributed by atoms with E-state index >= 15 is 0 Å². The van der Waals surface area contributed by atoms with Crippen molar-refractivity contribution in [2.24, 2.45) is 5.92 Å². The van der Waals surface area contributed by atoms with E-state index < -0.39 is 17.9 Å². The molecule has 2 unspecified atom stereocenters. The zero-order chi connectivity index (χ0) is 14.4. The molecule has 0 aliphatic heterocycles. The Kier molecular flexibility index (Phi) is 5.36. The van der Waals surface area contributed by atoms with E-state index in [9.17, 15) is 9.59 Å². The molecule has 0 bridgehead atoms. The number of carboxylic acid groups (broad SMARTS) is 1. The van der Waals surface area contributed by atoms with Crippen molar-refractivity contribution >= 4 is 11.9 Å². The summed E-state index contributed by atoms with van der Waals surface area (Å²) in [7, 11) is 0. The van der Waals surface area contributed by atoms with Gasteiger partial charge in [-0.1, -0.05) is 6.07 Å². The summed E-state index contributed by atoms with van der Waals surface area (Å²) in [5.74, 6) is -1.26. The Labute approximate surface area is 112 Å². The van der Waals surface area contributed by atoms with Crippen molar-refractivity contribution in [2.75, 3.05) is 6.61 Å². The van der Waals surface area contributed by atoms with Crippen LogP contribution in [-0.4, -0.2) is 29.6 Å². The summed E-state index contributed by atoms with van der Waals surface area (Å²) in [6.07, 6.45) is 0. The van der Waals surface area contributed by atoms with Gasteiger partial charge in [-0.15, -0.1) is 0 Å². The quantitative estimate of drug-likeness (QED) is 0.824. The molecule has 19 heavy (non-hydrogen) atoms. The number of nitrogens with one attached hydrogen (secondary N) is 1. The molecule has 2 atom stereocenters. The second-order valence-electron chi connectivity index (χ2n) is 4.35. The summed E-state index contributed by atoms with van der Waals surface area (Å²) in [5.41, 5.74) is 0.454. The summed E-state index contributed by atoms with van der Waals surface area (Å²) in [6.45, 7) is 5.62. The molecule has 0 heterocycles. The van der Waals surface area contributed by atoms with Gasteiger partial charge in [0.2, 0.25) is 0 Å². The maximum Gasteiger partial charge on any atom is 0.308 e. The summed E-state index contributed by atoms with van der Waals surface area (Å²) in [6, 6.07) is 6.35. The minimum Gasteiger partial charge on any atom is -0.494 e. The lowest BCUT2D eigenvalue weighted by Gasteiger charge is -2.17. The molecule has 1 aromatic carbocycles. The molecule has 5 heteroatoms. The van der Waals surface area contributed by atoms with Gasteiger partial charge in [-0.3, -0.25) is 9.59 Å². The SMILES string of the molecule is CCOc1cccc(C(=O)NC(C)C(C)C(=O)O)c1. The molecule has 0 aliphatic carbocycles. The fraction of sp³-hybridized carbons (Fsp3) is 0.429. The number of hydrogen-bond donors (Lipinski definition) is 2. The zero-order valence-corrected chi connectivity index (χ0v) is 11.3. The van der Waals surface area contributed by atoms with Crippen LogP contribution in [0.4, 0.5) is 0 Å². The van der Waals surface area contributed by atoms with Crippen LogP contribution < -0.4 is 10.1 Å². The number of carbonyl (C=O) groups excluding carboxylic acids is 1. The van der Waals surface area contributed by atoms with Gasteiger partial charge in [-0.2, -0.15) is 0 Å². The third-order valence-corrected chi connectivity index (χ3v) is 2.91. The van der Waals surface area contributed by atoms with Gasteiger partial charge in [0, 0.05) is 11.6 Å². The second-order valence-corrected chi connectivity index (χ2v) is 4.35. The predicted octanol–water partition coefficient (Wildman–Crippen LogP) is 1.92. The molecule has 0 saturated carbocycles. The molecule has 0 fully saturated rings. The van der Waals surface area contributed by atoms with Crippen LogP contribution in [0.15, 0.2) is 24.3 Å². The van der Waals surface area contributed by atoms with Crippen molar-refractivity contribution in [1.82, 2.24) is 5.32 Å². The Morgan fingerprint density at radius 1 is 1.37 bits per heavy atom. The highest BCUT2D eigenvalue weighted by molar-refractivity contribution is 5.95. The van der Waals surface area contributed by atoms with Gasteiger partial charge in [0.05, 0.1) is 12.5 Å². The van der Waals surface area contributed by atoms with E-state index in [1.807, 2.05) is 6.92 Å². The second kappa shape index (κ2) is 6.78. The smallest absolute Gasteiger partial charge is 0.308 e. The standard InChI is InChI=1S/C14H19NO4/c1-4-19-12-7-5-6-11(8-12)13(16)15-10(3)9(2)14(17)18/h5-10H,4H2,1-3H3,(H,15,16)(H,17,18). The third-order valence-electron chi connectivity index (χ3n) is 2.91. The van der Waals surface area contributed by atoms with Crippen molar-refractivity contribution in [3.05, 3.63) is 29.8 Å². The molecule has 1 amide bonds. The highest BCUT2D eigenvalue weighted by Crippen LogP contribution is 2.14. The maximum atomic E-state index is 12.0. The number of aliphatic carboxylic acids is 1. The molecule has 0 radical (unpaired) electrons. The van der Waals surface area contributed by atoms with Crippen LogP contribution in [0.1, 0.15) is 31.1 Å². The number of ether oxygens (including phenoxy) is 1. The molecular formula is C14H19NO4. The monoisotopic (exact) mass is 265 g/mol. The third kappa shape index (κ3) is 4.28. The van der Waals surface area contributed by atoms with Gasteiger partial charge in [0.25, 0.3) is 5.91 Å². The number of carbonyl (C=O) groups is 2. The topological polar surface area (TPSA) is 75.6 Å². The average Bonchev–Trinajstić information content (AvgIpc) is 2.38. The lowest BCUT2D eigenvalue weighted by molar-refractivity contribution is -0.141. The lowest BCUT2D eigenvalue weighted by atomic mass is 10.0. The number of benzene rings is 1. The van der Waals surface area contributed by atoms with Gasteiger partial charge in [-0.25, -0.2) is 0 Å². The Morgan fingerprint density at radius 3 is 2.63 bits per heavy atom. The Balaban J connectivity index is 2.72. The largest absolute Gasteiger partial charge is 0.494 e. The average molecular weight is 265 g/mol. The molecular weight excluding hydrogens is 246 g/mol. The van der Waals surface area contributed by atoms with Crippen molar-refractivity contribution in [2.45, 2.75) is 26.8 Å². The van der Waals surface area contributed by atoms with Gasteiger partial charge in [-0.05, 0) is 39.0 Å². The summed E-state index contributed by atoms with van der Waals surface area (Å²) in [4.78, 5) is 22.8. The first-order valence-corrected chi connectivity index (χ1v) is 6.22. The van der Waals surface area contributed by atoms with E-state index in [2.05, 4.69) is 5.32 Å². The molecule has 0 spiro atoms. The molecule has 0 aliphatic rings. The van der Waals surface area contributed by atoms with Gasteiger partial charge < -0.3 is 15.2 Å². The zero-order valence-electron chi connectivity index (χ0n) is 11.3. The maximum absolute atomic E-state index is 12.0. The molecule has 2 N–H and O–H groups in total. The normalized spacial score (nSPS) is 13.4. The van der Waals surface area contributed by atoms with E-state index in [1.54, 1.807) is 38.1 Å². The number of amides is 1. The first kappa shape index (κ1) is 15.0. The van der Waals surface area contributed by atoms with Crippen LogP contribution in [0.3, 0.4) is 0 Å². The number of carboxylic acids is 1. The number of rotatable bonds is 6. The van der Waals surface area contributed by atoms with E-state index in [1.165, 1.54) is 0 Å². The lowest BCUT2D eigenvalue weighted by Crippen LogP contribution is -2.40. The van der Waals surface area contributed by atoms with E-state index in [0.29, 0.717) is 17.9 Å². The Hall–Kier alpha value is -2.04. The fourth-order valence-corrected chi connectivity index (χ4v) is 1.52. The van der Waals surface area contributed by atoms with Crippen molar-refractivity contribution < 1.29 is 19.4 Å². The molecule has 0 saturated heterocycles. The van der Waals surface area contributed by atoms with Crippen LogP contribution >= 0.6 is 0 Å². The van der Waals surface area contributed by atoms with Crippen molar-refractivity contribution in [3.8, 4) is 5.75 Å². The van der Waals surface area contributed by atoms with Crippen molar-refractivity contribution in [1.29, 1.82) is 0 Å². The highest BCUT2D eigenvalue weighted by Gasteiger charge is 2.21. The van der Waals surface area contributed by atoms with Gasteiger partial charge >= 0.3 is 5.97 Å². The van der Waals surface area contributed by atoms with Crippen LogP contribution in [0.5, 0.6) is 5.75 Å². The highest BCUT2D eigenvalue weighted by atomic mass is 16.5. The summed E-state index contributed by atoms with van der Waals surface area (Å²) in [5, 5.41) is 11.5. The summed E-state index contributed by atoms with van der Waals surface area (Å²) < 4.78 is 5.31. The molecule has 1 rings (SSSR count). The van der Waals surface area contributed by atoms with Crippen LogP contribution in [0, 0.1) is 5.92 Å². The van der Waals surface area contributed by atoms with Gasteiger partial charge in [0.1, 0.15) is 5.75 Å². The molecule has 1 aromatic rings. The minimum absolute atomic E-state index is 0.304. The molecule has 104 valence electrons. The predicted molar refractivity (Wildman–Crippen MR) is 71.3 cm³/mol. The minimum atomic E-state index is -0.934.